The first-order valence-electron chi connectivity index (χ1n) is 7.34. The third-order valence-electron chi connectivity index (χ3n) is 3.82. The van der Waals surface area contributed by atoms with Crippen molar-refractivity contribution in [3.05, 3.63) is 53.9 Å². The van der Waals surface area contributed by atoms with Crippen LogP contribution in [0.1, 0.15) is 24.1 Å². The molecule has 0 saturated heterocycles. The normalized spacial score (nSPS) is 18.2. The molecule has 1 aliphatic heterocycles. The van der Waals surface area contributed by atoms with E-state index in [1.807, 2.05) is 23.9 Å². The van der Waals surface area contributed by atoms with Gasteiger partial charge in [0.05, 0.1) is 12.6 Å². The Balaban J connectivity index is 1.85. The summed E-state index contributed by atoms with van der Waals surface area (Å²) in [7, 11) is 0. The second-order valence-corrected chi connectivity index (χ2v) is 5.32. The van der Waals surface area contributed by atoms with Crippen LogP contribution in [0.5, 0.6) is 0 Å². The third kappa shape index (κ3) is 2.97. The van der Waals surface area contributed by atoms with Gasteiger partial charge in [0, 0.05) is 32.0 Å². The lowest BCUT2D eigenvalue weighted by molar-refractivity contribution is -0.122. The molecular weight excluding hydrogens is 264 g/mol. The van der Waals surface area contributed by atoms with Gasteiger partial charge in [-0.25, -0.2) is 0 Å². The number of likely N-dealkylation sites (N-methyl/N-ethyl adjacent to an activating group) is 1. The van der Waals surface area contributed by atoms with E-state index in [-0.39, 0.29) is 11.9 Å². The Kier molecular flexibility index (Phi) is 4.01. The summed E-state index contributed by atoms with van der Waals surface area (Å²) < 4.78 is 1.97. The molecule has 1 atom stereocenters. The average molecular weight is 284 g/mol. The molecule has 110 valence electrons. The number of hydrogen-bond acceptors (Lipinski definition) is 3. The summed E-state index contributed by atoms with van der Waals surface area (Å²) in [6.07, 6.45) is 3.78. The molecule has 1 amide bonds. The van der Waals surface area contributed by atoms with Crippen molar-refractivity contribution >= 4 is 5.91 Å². The van der Waals surface area contributed by atoms with Crippen LogP contribution in [-0.2, 0) is 11.3 Å². The molecule has 2 aromatic rings. The van der Waals surface area contributed by atoms with Crippen LogP contribution in [0, 0.1) is 0 Å². The molecule has 1 N–H and O–H groups in total. The van der Waals surface area contributed by atoms with Crippen LogP contribution in [0.15, 0.2) is 42.7 Å². The minimum absolute atomic E-state index is 0.0797. The van der Waals surface area contributed by atoms with Gasteiger partial charge in [-0.15, -0.1) is 0 Å². The van der Waals surface area contributed by atoms with Gasteiger partial charge in [-0.2, -0.15) is 5.10 Å². The topological polar surface area (TPSA) is 50.2 Å². The zero-order chi connectivity index (χ0) is 14.7. The van der Waals surface area contributed by atoms with E-state index >= 15 is 0 Å². The van der Waals surface area contributed by atoms with Crippen LogP contribution in [0.2, 0.25) is 0 Å². The van der Waals surface area contributed by atoms with Crippen molar-refractivity contribution in [3.63, 3.8) is 0 Å². The number of amides is 1. The van der Waals surface area contributed by atoms with Crippen molar-refractivity contribution in [3.8, 4) is 0 Å². The van der Waals surface area contributed by atoms with Crippen molar-refractivity contribution in [2.24, 2.45) is 0 Å². The van der Waals surface area contributed by atoms with Gasteiger partial charge >= 0.3 is 0 Å². The van der Waals surface area contributed by atoms with E-state index < -0.39 is 0 Å². The van der Waals surface area contributed by atoms with Crippen LogP contribution in [0.4, 0.5) is 0 Å². The molecule has 3 rings (SSSR count). The predicted molar refractivity (Wildman–Crippen MR) is 80.8 cm³/mol. The van der Waals surface area contributed by atoms with Crippen LogP contribution >= 0.6 is 0 Å². The summed E-state index contributed by atoms with van der Waals surface area (Å²) >= 11 is 0. The van der Waals surface area contributed by atoms with Crippen molar-refractivity contribution in [1.29, 1.82) is 0 Å². The van der Waals surface area contributed by atoms with Gasteiger partial charge in [0.1, 0.15) is 0 Å². The number of fused-ring (bicyclic) bond motifs is 1. The quantitative estimate of drug-likeness (QED) is 0.924. The summed E-state index contributed by atoms with van der Waals surface area (Å²) in [4.78, 5) is 14.0. The number of benzene rings is 1. The highest BCUT2D eigenvalue weighted by molar-refractivity contribution is 5.78. The van der Waals surface area contributed by atoms with E-state index in [0.717, 1.165) is 13.1 Å². The zero-order valence-corrected chi connectivity index (χ0v) is 12.2. The zero-order valence-electron chi connectivity index (χ0n) is 12.2. The average Bonchev–Trinajstić information content (AvgIpc) is 3.00. The highest BCUT2D eigenvalue weighted by Gasteiger charge is 2.27. The molecular formula is C16H20N4O. The summed E-state index contributed by atoms with van der Waals surface area (Å²) in [5, 5.41) is 7.24. The lowest BCUT2D eigenvalue weighted by Gasteiger charge is -2.34. The number of carbonyl (C=O) groups is 1. The molecule has 0 spiro atoms. The third-order valence-corrected chi connectivity index (χ3v) is 3.82. The Morgan fingerprint density at radius 1 is 1.38 bits per heavy atom. The van der Waals surface area contributed by atoms with Crippen molar-refractivity contribution < 1.29 is 4.79 Å². The first kappa shape index (κ1) is 13.8. The molecule has 0 aliphatic carbocycles. The molecule has 1 aromatic heterocycles. The second kappa shape index (κ2) is 6.10. The number of hydrogen-bond donors (Lipinski definition) is 1. The molecule has 21 heavy (non-hydrogen) atoms. The maximum atomic E-state index is 11.8. The SMILES string of the molecule is CCNC(=O)CN1Cc2ccccc2C(n2cccn2)C1. The number of aromatic nitrogens is 2. The molecule has 2 heterocycles. The largest absolute Gasteiger partial charge is 0.355 e. The minimum Gasteiger partial charge on any atom is -0.355 e. The fourth-order valence-corrected chi connectivity index (χ4v) is 2.92. The van der Waals surface area contributed by atoms with Gasteiger partial charge in [0.2, 0.25) is 5.91 Å². The Labute approximate surface area is 124 Å². The van der Waals surface area contributed by atoms with Crippen LogP contribution in [0.25, 0.3) is 0 Å². The molecule has 0 radical (unpaired) electrons. The monoisotopic (exact) mass is 284 g/mol. The van der Waals surface area contributed by atoms with Gasteiger partial charge in [-0.1, -0.05) is 24.3 Å². The molecule has 5 nitrogen and oxygen atoms in total. The molecule has 1 unspecified atom stereocenters. The smallest absolute Gasteiger partial charge is 0.234 e. The van der Waals surface area contributed by atoms with Crippen LogP contribution in [0.3, 0.4) is 0 Å². The van der Waals surface area contributed by atoms with E-state index in [4.69, 9.17) is 0 Å². The summed E-state index contributed by atoms with van der Waals surface area (Å²) in [6, 6.07) is 10.5. The number of carbonyl (C=O) groups excluding carboxylic acids is 1. The maximum absolute atomic E-state index is 11.8. The van der Waals surface area contributed by atoms with E-state index in [1.54, 1.807) is 6.20 Å². The Hall–Kier alpha value is -2.14. The highest BCUT2D eigenvalue weighted by atomic mass is 16.2. The first-order chi connectivity index (χ1) is 10.3. The van der Waals surface area contributed by atoms with Crippen molar-refractivity contribution in [1.82, 2.24) is 20.0 Å². The van der Waals surface area contributed by atoms with E-state index in [2.05, 4.69) is 39.6 Å². The van der Waals surface area contributed by atoms with E-state index in [1.165, 1.54) is 11.1 Å². The lowest BCUT2D eigenvalue weighted by atomic mass is 9.95. The second-order valence-electron chi connectivity index (χ2n) is 5.32. The molecule has 0 fully saturated rings. The van der Waals surface area contributed by atoms with Gasteiger partial charge in [0.15, 0.2) is 0 Å². The minimum atomic E-state index is 0.0797. The van der Waals surface area contributed by atoms with Gasteiger partial charge < -0.3 is 5.32 Å². The van der Waals surface area contributed by atoms with Crippen LogP contribution in [-0.4, -0.2) is 40.2 Å². The Morgan fingerprint density at radius 2 is 2.24 bits per heavy atom. The molecule has 0 saturated carbocycles. The highest BCUT2D eigenvalue weighted by Crippen LogP contribution is 2.28. The molecule has 1 aliphatic rings. The lowest BCUT2D eigenvalue weighted by Crippen LogP contribution is -2.42. The number of rotatable bonds is 4. The fraction of sp³-hybridized carbons (Fsp3) is 0.375. The van der Waals surface area contributed by atoms with Crippen molar-refractivity contribution in [2.75, 3.05) is 19.6 Å². The number of nitrogens with zero attached hydrogens (tertiary/aromatic N) is 3. The van der Waals surface area contributed by atoms with E-state index in [0.29, 0.717) is 13.1 Å². The summed E-state index contributed by atoms with van der Waals surface area (Å²) in [6.45, 7) is 4.66. The molecule has 0 bridgehead atoms. The van der Waals surface area contributed by atoms with E-state index in [9.17, 15) is 4.79 Å². The summed E-state index contributed by atoms with van der Waals surface area (Å²) in [5.41, 5.74) is 2.57. The standard InChI is InChI=1S/C16H20N4O/c1-2-17-16(21)12-19-10-13-6-3-4-7-14(13)15(11-19)20-9-5-8-18-20/h3-9,15H,2,10-12H2,1H3,(H,17,21). The fourth-order valence-electron chi connectivity index (χ4n) is 2.92. The first-order valence-corrected chi connectivity index (χ1v) is 7.34. The maximum Gasteiger partial charge on any atom is 0.234 e. The van der Waals surface area contributed by atoms with Gasteiger partial charge in [0.25, 0.3) is 0 Å². The molecule has 5 heteroatoms. The van der Waals surface area contributed by atoms with Gasteiger partial charge in [-0.3, -0.25) is 14.4 Å². The van der Waals surface area contributed by atoms with Crippen molar-refractivity contribution in [2.45, 2.75) is 19.5 Å². The molecule has 1 aromatic carbocycles. The Bertz CT molecular complexity index is 608. The van der Waals surface area contributed by atoms with Gasteiger partial charge in [-0.05, 0) is 24.1 Å². The predicted octanol–water partition coefficient (Wildman–Crippen LogP) is 1.42. The number of nitrogens with one attached hydrogen (secondary N) is 1. The van der Waals surface area contributed by atoms with Crippen LogP contribution < -0.4 is 5.32 Å². The summed E-state index contributed by atoms with van der Waals surface area (Å²) in [5.74, 6) is 0.0797. The Morgan fingerprint density at radius 3 is 3.00 bits per heavy atom.